The fourth-order valence-electron chi connectivity index (χ4n) is 2.41. The van der Waals surface area contributed by atoms with Crippen molar-refractivity contribution in [2.45, 2.75) is 12.1 Å². The quantitative estimate of drug-likeness (QED) is 0.484. The van der Waals surface area contributed by atoms with Crippen LogP contribution in [0, 0.1) is 6.92 Å². The molecule has 140 valence electrons. The molecular weight excluding hydrogens is 386 g/mol. The summed E-state index contributed by atoms with van der Waals surface area (Å²) in [4.78, 5) is 12.3. The van der Waals surface area contributed by atoms with Gasteiger partial charge in [-0.2, -0.15) is 0 Å². The maximum atomic E-state index is 12.3. The Morgan fingerprint density at radius 1 is 1.26 bits per heavy atom. The normalized spacial score (nSPS) is 10.6. The van der Waals surface area contributed by atoms with Gasteiger partial charge in [-0.1, -0.05) is 29.4 Å². The average Bonchev–Trinajstić information content (AvgIpc) is 3.01. The summed E-state index contributed by atoms with van der Waals surface area (Å²) in [5.74, 6) is 7.10. The van der Waals surface area contributed by atoms with E-state index in [1.165, 1.54) is 16.4 Å². The van der Waals surface area contributed by atoms with Gasteiger partial charge in [0, 0.05) is 10.6 Å². The number of anilines is 1. The van der Waals surface area contributed by atoms with Gasteiger partial charge < -0.3 is 15.9 Å². The zero-order valence-electron chi connectivity index (χ0n) is 14.8. The zero-order valence-corrected chi connectivity index (χ0v) is 16.3. The van der Waals surface area contributed by atoms with Crippen LogP contribution in [-0.4, -0.2) is 33.6 Å². The molecule has 1 heterocycles. The molecule has 27 heavy (non-hydrogen) atoms. The number of nitrogens with zero attached hydrogens (tertiary/aromatic N) is 3. The van der Waals surface area contributed by atoms with Gasteiger partial charge >= 0.3 is 0 Å². The van der Waals surface area contributed by atoms with Crippen LogP contribution in [-0.2, 0) is 4.79 Å². The van der Waals surface area contributed by atoms with Gasteiger partial charge in [0.1, 0.15) is 5.75 Å². The molecule has 9 heteroatoms. The van der Waals surface area contributed by atoms with E-state index in [0.717, 1.165) is 11.1 Å². The van der Waals surface area contributed by atoms with E-state index >= 15 is 0 Å². The fourth-order valence-corrected chi connectivity index (χ4v) is 3.19. The van der Waals surface area contributed by atoms with Crippen molar-refractivity contribution in [2.75, 3.05) is 24.0 Å². The molecule has 3 aromatic rings. The first-order valence-electron chi connectivity index (χ1n) is 8.01. The number of nitrogens with two attached hydrogens (primary N) is 1. The van der Waals surface area contributed by atoms with Crippen molar-refractivity contribution >= 4 is 35.0 Å². The van der Waals surface area contributed by atoms with Crippen LogP contribution in [0.25, 0.3) is 11.4 Å². The van der Waals surface area contributed by atoms with Gasteiger partial charge in [0.25, 0.3) is 0 Å². The molecule has 0 bridgehead atoms. The smallest absolute Gasteiger partial charge is 0.234 e. The van der Waals surface area contributed by atoms with E-state index in [9.17, 15) is 4.79 Å². The topological polar surface area (TPSA) is 95.1 Å². The molecule has 0 atom stereocenters. The SMILES string of the molecule is COc1ccc(C)cc1NC(=O)CSc1nnc(-c2ccc(Cl)cc2)n1N. The van der Waals surface area contributed by atoms with Crippen LogP contribution in [0.2, 0.25) is 5.02 Å². The van der Waals surface area contributed by atoms with Crippen LogP contribution >= 0.6 is 23.4 Å². The van der Waals surface area contributed by atoms with Crippen molar-refractivity contribution in [3.63, 3.8) is 0 Å². The second-order valence-corrected chi connectivity index (χ2v) is 7.10. The molecule has 0 unspecified atom stereocenters. The van der Waals surface area contributed by atoms with Crippen LogP contribution in [0.5, 0.6) is 5.75 Å². The molecule has 1 aromatic heterocycles. The number of thioether (sulfide) groups is 1. The predicted octanol–water partition coefficient (Wildman–Crippen LogP) is 3.36. The first-order chi connectivity index (χ1) is 13.0. The van der Waals surface area contributed by atoms with Gasteiger partial charge in [-0.25, -0.2) is 4.68 Å². The van der Waals surface area contributed by atoms with Crippen molar-refractivity contribution < 1.29 is 9.53 Å². The zero-order chi connectivity index (χ0) is 19.4. The Labute approximate surface area is 165 Å². The third kappa shape index (κ3) is 4.53. The minimum atomic E-state index is -0.194. The summed E-state index contributed by atoms with van der Waals surface area (Å²) in [5, 5.41) is 12.0. The minimum Gasteiger partial charge on any atom is -0.495 e. The summed E-state index contributed by atoms with van der Waals surface area (Å²) in [6.45, 7) is 1.94. The Morgan fingerprint density at radius 3 is 2.70 bits per heavy atom. The minimum absolute atomic E-state index is 0.132. The lowest BCUT2D eigenvalue weighted by Crippen LogP contribution is -2.17. The number of hydrogen-bond acceptors (Lipinski definition) is 6. The van der Waals surface area contributed by atoms with Crippen LogP contribution in [0.4, 0.5) is 5.69 Å². The lowest BCUT2D eigenvalue weighted by atomic mass is 10.2. The molecule has 0 fully saturated rings. The van der Waals surface area contributed by atoms with Crippen LogP contribution in [0.1, 0.15) is 5.56 Å². The van der Waals surface area contributed by atoms with Crippen molar-refractivity contribution in [3.05, 3.63) is 53.1 Å². The number of halogens is 1. The van der Waals surface area contributed by atoms with Gasteiger partial charge in [0.05, 0.1) is 18.6 Å². The number of ether oxygens (including phenoxy) is 1. The summed E-state index contributed by atoms with van der Waals surface area (Å²) >= 11 is 7.09. The molecule has 3 N–H and O–H groups in total. The van der Waals surface area contributed by atoms with E-state index in [1.807, 2.05) is 25.1 Å². The van der Waals surface area contributed by atoms with Crippen molar-refractivity contribution in [1.29, 1.82) is 0 Å². The number of amides is 1. The number of carbonyl (C=O) groups is 1. The molecule has 1 amide bonds. The van der Waals surface area contributed by atoms with Crippen LogP contribution < -0.4 is 15.9 Å². The van der Waals surface area contributed by atoms with Gasteiger partial charge in [-0.3, -0.25) is 4.79 Å². The monoisotopic (exact) mass is 403 g/mol. The second kappa shape index (κ2) is 8.32. The summed E-state index contributed by atoms with van der Waals surface area (Å²) in [5.41, 5.74) is 2.43. The molecule has 3 rings (SSSR count). The maximum absolute atomic E-state index is 12.3. The molecular formula is C18H18ClN5O2S. The van der Waals surface area contributed by atoms with E-state index in [4.69, 9.17) is 22.2 Å². The van der Waals surface area contributed by atoms with Crippen LogP contribution in [0.3, 0.4) is 0 Å². The van der Waals surface area contributed by atoms with Gasteiger partial charge in [0.15, 0.2) is 5.82 Å². The fraction of sp³-hybridized carbons (Fsp3) is 0.167. The van der Waals surface area contributed by atoms with Crippen molar-refractivity contribution in [2.24, 2.45) is 0 Å². The lowest BCUT2D eigenvalue weighted by molar-refractivity contribution is -0.113. The summed E-state index contributed by atoms with van der Waals surface area (Å²) in [6.07, 6.45) is 0. The molecule has 0 aliphatic heterocycles. The number of nitrogen functional groups attached to an aromatic ring is 1. The largest absolute Gasteiger partial charge is 0.495 e. The number of hydrogen-bond donors (Lipinski definition) is 2. The molecule has 0 saturated heterocycles. The number of benzene rings is 2. The molecule has 0 saturated carbocycles. The first-order valence-corrected chi connectivity index (χ1v) is 9.38. The lowest BCUT2D eigenvalue weighted by Gasteiger charge is -2.10. The maximum Gasteiger partial charge on any atom is 0.234 e. The first kappa shape index (κ1) is 19.1. The number of aryl methyl sites for hydroxylation is 1. The molecule has 0 spiro atoms. The van der Waals surface area contributed by atoms with Gasteiger partial charge in [-0.15, -0.1) is 10.2 Å². The van der Waals surface area contributed by atoms with Crippen LogP contribution in [0.15, 0.2) is 47.6 Å². The predicted molar refractivity (Wildman–Crippen MR) is 108 cm³/mol. The van der Waals surface area contributed by atoms with Gasteiger partial charge in [0.2, 0.25) is 11.1 Å². The summed E-state index contributed by atoms with van der Waals surface area (Å²) in [6, 6.07) is 12.7. The number of carbonyl (C=O) groups excluding carboxylic acids is 1. The van der Waals surface area contributed by atoms with Gasteiger partial charge in [-0.05, 0) is 48.9 Å². The Morgan fingerprint density at radius 2 is 2.00 bits per heavy atom. The summed E-state index contributed by atoms with van der Waals surface area (Å²) < 4.78 is 6.62. The molecule has 0 aliphatic carbocycles. The highest BCUT2D eigenvalue weighted by Gasteiger charge is 2.15. The van der Waals surface area contributed by atoms with E-state index in [2.05, 4.69) is 15.5 Å². The third-order valence-electron chi connectivity index (χ3n) is 3.73. The number of methoxy groups -OCH3 is 1. The van der Waals surface area contributed by atoms with Crippen molar-refractivity contribution in [3.8, 4) is 17.1 Å². The Hall–Kier alpha value is -2.71. The highest BCUT2D eigenvalue weighted by atomic mass is 35.5. The van der Waals surface area contributed by atoms with Crippen molar-refractivity contribution in [1.82, 2.24) is 14.9 Å². The molecule has 0 aliphatic rings. The summed E-state index contributed by atoms with van der Waals surface area (Å²) in [7, 11) is 1.56. The molecule has 2 aromatic carbocycles. The number of rotatable bonds is 6. The number of aromatic nitrogens is 3. The molecule has 7 nitrogen and oxygen atoms in total. The van der Waals surface area contributed by atoms with E-state index in [0.29, 0.717) is 27.4 Å². The van der Waals surface area contributed by atoms with E-state index in [-0.39, 0.29) is 11.7 Å². The average molecular weight is 404 g/mol. The molecule has 0 radical (unpaired) electrons. The highest BCUT2D eigenvalue weighted by molar-refractivity contribution is 7.99. The standard InChI is InChI=1S/C18H18ClN5O2S/c1-11-3-8-15(26-2)14(9-11)21-16(25)10-27-18-23-22-17(24(18)20)12-4-6-13(19)7-5-12/h3-9H,10,20H2,1-2H3,(H,21,25). The second-order valence-electron chi connectivity index (χ2n) is 5.72. The Bertz CT molecular complexity index is 959. The number of nitrogens with one attached hydrogen (secondary N) is 1. The Kier molecular flexibility index (Phi) is 5.88. The third-order valence-corrected chi connectivity index (χ3v) is 4.92. The highest BCUT2D eigenvalue weighted by Crippen LogP contribution is 2.26. The van der Waals surface area contributed by atoms with E-state index < -0.39 is 0 Å². The Balaban J connectivity index is 1.66. The van der Waals surface area contributed by atoms with E-state index in [1.54, 1.807) is 31.4 Å².